The molecule has 1 aliphatic heterocycles. The van der Waals surface area contributed by atoms with Crippen molar-refractivity contribution in [2.45, 2.75) is 37.8 Å². The molecule has 1 aromatic rings. The van der Waals surface area contributed by atoms with Gasteiger partial charge < -0.3 is 15.4 Å². The van der Waals surface area contributed by atoms with Crippen molar-refractivity contribution in [2.24, 2.45) is 11.7 Å². The summed E-state index contributed by atoms with van der Waals surface area (Å²) in [5.74, 6) is -0.0577. The second kappa shape index (κ2) is 6.75. The first-order valence-electron chi connectivity index (χ1n) is 8.05. The third-order valence-corrected chi connectivity index (χ3v) is 4.66. The van der Waals surface area contributed by atoms with Crippen LogP contribution in [-0.2, 0) is 9.53 Å². The van der Waals surface area contributed by atoms with Gasteiger partial charge in [0.2, 0.25) is 5.91 Å². The average molecular weight is 306 g/mol. The van der Waals surface area contributed by atoms with Crippen LogP contribution in [0.5, 0.6) is 0 Å². The number of carbonyl (C=O) groups excluding carboxylic acids is 1. The summed E-state index contributed by atoms with van der Waals surface area (Å²) < 4.78 is 19.1. The number of rotatable bonds is 2. The molecule has 1 saturated heterocycles. The maximum Gasteiger partial charge on any atom is 0.225 e. The van der Waals surface area contributed by atoms with Crippen molar-refractivity contribution in [3.8, 4) is 0 Å². The molecule has 120 valence electrons. The Kier molecular flexibility index (Phi) is 4.74. The molecule has 0 unspecified atom stereocenters. The quantitative estimate of drug-likeness (QED) is 0.911. The van der Waals surface area contributed by atoms with Crippen LogP contribution in [0.4, 0.5) is 4.39 Å². The Morgan fingerprint density at radius 3 is 3.00 bits per heavy atom. The van der Waals surface area contributed by atoms with Crippen LogP contribution in [0.1, 0.15) is 37.4 Å². The van der Waals surface area contributed by atoms with Gasteiger partial charge in [0.1, 0.15) is 11.9 Å². The van der Waals surface area contributed by atoms with Crippen LogP contribution in [0.15, 0.2) is 24.3 Å². The van der Waals surface area contributed by atoms with Gasteiger partial charge in [0.25, 0.3) is 0 Å². The fourth-order valence-electron chi connectivity index (χ4n) is 3.47. The minimum atomic E-state index is -0.275. The van der Waals surface area contributed by atoms with Crippen molar-refractivity contribution in [2.75, 3.05) is 19.7 Å². The van der Waals surface area contributed by atoms with Gasteiger partial charge >= 0.3 is 0 Å². The molecule has 3 rings (SSSR count). The molecule has 22 heavy (non-hydrogen) atoms. The third-order valence-electron chi connectivity index (χ3n) is 4.66. The number of halogens is 1. The summed E-state index contributed by atoms with van der Waals surface area (Å²) in [6.07, 6.45) is 3.49. The first kappa shape index (κ1) is 15.4. The van der Waals surface area contributed by atoms with Gasteiger partial charge in [0.05, 0.1) is 13.2 Å². The molecule has 0 radical (unpaired) electrons. The van der Waals surface area contributed by atoms with Gasteiger partial charge in [-0.25, -0.2) is 4.39 Å². The molecule has 2 aliphatic rings. The highest BCUT2D eigenvalue weighted by atomic mass is 19.1. The minimum Gasteiger partial charge on any atom is -0.370 e. The summed E-state index contributed by atoms with van der Waals surface area (Å²) in [6.45, 7) is 1.59. The van der Waals surface area contributed by atoms with Gasteiger partial charge in [-0.2, -0.15) is 0 Å². The summed E-state index contributed by atoms with van der Waals surface area (Å²) in [5, 5.41) is 0. The number of nitrogens with two attached hydrogens (primary N) is 1. The summed E-state index contributed by atoms with van der Waals surface area (Å²) in [5.41, 5.74) is 6.78. The number of nitrogens with zero attached hydrogens (tertiary/aromatic N) is 1. The molecule has 2 N–H and O–H groups in total. The van der Waals surface area contributed by atoms with E-state index in [1.807, 2.05) is 11.0 Å². The molecule has 1 saturated carbocycles. The largest absolute Gasteiger partial charge is 0.370 e. The topological polar surface area (TPSA) is 55.6 Å². The van der Waals surface area contributed by atoms with Gasteiger partial charge in [0, 0.05) is 18.5 Å². The van der Waals surface area contributed by atoms with Crippen LogP contribution in [0.25, 0.3) is 0 Å². The molecular formula is C17H23FN2O2. The van der Waals surface area contributed by atoms with E-state index < -0.39 is 0 Å². The number of hydrogen-bond donors (Lipinski definition) is 1. The van der Waals surface area contributed by atoms with E-state index in [1.165, 1.54) is 12.1 Å². The number of hydrogen-bond acceptors (Lipinski definition) is 3. The molecule has 3 atom stereocenters. The molecule has 0 bridgehead atoms. The molecule has 1 heterocycles. The van der Waals surface area contributed by atoms with Crippen molar-refractivity contribution >= 4 is 5.91 Å². The SMILES string of the molecule is N[C@@H]1CCC[C@H](C(=O)N2CCO[C@@H](c3cccc(F)c3)C2)C1. The molecule has 0 aromatic heterocycles. The van der Waals surface area contributed by atoms with Crippen molar-refractivity contribution in [1.29, 1.82) is 0 Å². The molecule has 1 aliphatic carbocycles. The number of amides is 1. The van der Waals surface area contributed by atoms with E-state index in [4.69, 9.17) is 10.5 Å². The molecule has 0 spiro atoms. The molecular weight excluding hydrogens is 283 g/mol. The Morgan fingerprint density at radius 2 is 2.23 bits per heavy atom. The third kappa shape index (κ3) is 3.47. The maximum atomic E-state index is 13.4. The molecule has 2 fully saturated rings. The van der Waals surface area contributed by atoms with Crippen LogP contribution in [0.3, 0.4) is 0 Å². The highest BCUT2D eigenvalue weighted by Crippen LogP contribution is 2.28. The second-order valence-electron chi connectivity index (χ2n) is 6.32. The number of benzene rings is 1. The molecule has 1 aromatic carbocycles. The standard InChI is InChI=1S/C17H23FN2O2/c18-14-5-1-3-12(9-14)16-11-20(7-8-22-16)17(21)13-4-2-6-15(19)10-13/h1,3,5,9,13,15-16H,2,4,6-8,10-11,19H2/t13-,15+,16+/m0/s1. The summed E-state index contributed by atoms with van der Waals surface area (Å²) in [6, 6.07) is 6.56. The van der Waals surface area contributed by atoms with Gasteiger partial charge in [0.15, 0.2) is 0 Å². The van der Waals surface area contributed by atoms with E-state index in [2.05, 4.69) is 0 Å². The second-order valence-corrected chi connectivity index (χ2v) is 6.32. The van der Waals surface area contributed by atoms with Crippen LogP contribution < -0.4 is 5.73 Å². The maximum absolute atomic E-state index is 13.4. The van der Waals surface area contributed by atoms with Gasteiger partial charge in [-0.05, 0) is 37.0 Å². The Morgan fingerprint density at radius 1 is 1.36 bits per heavy atom. The van der Waals surface area contributed by atoms with Crippen LogP contribution in [0.2, 0.25) is 0 Å². The molecule has 4 nitrogen and oxygen atoms in total. The molecule has 1 amide bonds. The van der Waals surface area contributed by atoms with Crippen LogP contribution in [0, 0.1) is 11.7 Å². The van der Waals surface area contributed by atoms with E-state index >= 15 is 0 Å². The smallest absolute Gasteiger partial charge is 0.225 e. The van der Waals surface area contributed by atoms with Crippen molar-refractivity contribution < 1.29 is 13.9 Å². The zero-order valence-electron chi connectivity index (χ0n) is 12.7. The van der Waals surface area contributed by atoms with E-state index in [1.54, 1.807) is 6.07 Å². The summed E-state index contributed by atoms with van der Waals surface area (Å²) >= 11 is 0. The van der Waals surface area contributed by atoms with Crippen LogP contribution in [-0.4, -0.2) is 36.5 Å². The lowest BCUT2D eigenvalue weighted by Gasteiger charge is -2.37. The van der Waals surface area contributed by atoms with Gasteiger partial charge in [-0.3, -0.25) is 4.79 Å². The van der Waals surface area contributed by atoms with E-state index in [0.717, 1.165) is 31.2 Å². The predicted octanol–water partition coefficient (Wildman–Crippen LogP) is 2.24. The average Bonchev–Trinajstić information content (AvgIpc) is 2.54. The van der Waals surface area contributed by atoms with Gasteiger partial charge in [-0.15, -0.1) is 0 Å². The zero-order valence-corrected chi connectivity index (χ0v) is 12.7. The lowest BCUT2D eigenvalue weighted by molar-refractivity contribution is -0.144. The Hall–Kier alpha value is -1.46. The molecule has 5 heteroatoms. The predicted molar refractivity (Wildman–Crippen MR) is 81.6 cm³/mol. The van der Waals surface area contributed by atoms with Crippen LogP contribution >= 0.6 is 0 Å². The Balaban J connectivity index is 1.66. The summed E-state index contributed by atoms with van der Waals surface area (Å²) in [7, 11) is 0. The normalized spacial score (nSPS) is 29.4. The lowest BCUT2D eigenvalue weighted by atomic mass is 9.85. The lowest BCUT2D eigenvalue weighted by Crippen LogP contribution is -2.46. The number of morpholine rings is 1. The summed E-state index contributed by atoms with van der Waals surface area (Å²) in [4.78, 5) is 14.5. The van der Waals surface area contributed by atoms with E-state index in [0.29, 0.717) is 19.7 Å². The van der Waals surface area contributed by atoms with Crippen molar-refractivity contribution in [3.05, 3.63) is 35.6 Å². The van der Waals surface area contributed by atoms with E-state index in [9.17, 15) is 9.18 Å². The Labute approximate surface area is 130 Å². The number of ether oxygens (including phenoxy) is 1. The minimum absolute atomic E-state index is 0.0370. The fraction of sp³-hybridized carbons (Fsp3) is 0.588. The van der Waals surface area contributed by atoms with E-state index in [-0.39, 0.29) is 29.8 Å². The number of carbonyl (C=O) groups is 1. The van der Waals surface area contributed by atoms with Crippen molar-refractivity contribution in [1.82, 2.24) is 4.90 Å². The zero-order chi connectivity index (χ0) is 15.5. The van der Waals surface area contributed by atoms with Crippen molar-refractivity contribution in [3.63, 3.8) is 0 Å². The van der Waals surface area contributed by atoms with Gasteiger partial charge in [-0.1, -0.05) is 18.6 Å². The Bertz CT molecular complexity index is 537. The monoisotopic (exact) mass is 306 g/mol. The fourth-order valence-corrected chi connectivity index (χ4v) is 3.47. The highest BCUT2D eigenvalue weighted by molar-refractivity contribution is 5.79. The first-order chi connectivity index (χ1) is 10.6. The highest BCUT2D eigenvalue weighted by Gasteiger charge is 2.32. The first-order valence-corrected chi connectivity index (χ1v) is 8.05.